The topological polar surface area (TPSA) is 35.2 Å². The van der Waals surface area contributed by atoms with E-state index in [1.54, 1.807) is 6.07 Å². The number of rotatable bonds is 2. The number of halogens is 3. The van der Waals surface area contributed by atoms with Gasteiger partial charge in [0.05, 0.1) is 12.2 Å². The third kappa shape index (κ3) is 2.37. The number of hydrogen-bond acceptors (Lipinski definition) is 2. The Kier molecular flexibility index (Phi) is 3.64. The van der Waals surface area contributed by atoms with Crippen molar-refractivity contribution in [3.63, 3.8) is 0 Å². The fraction of sp³-hybridized carbons (Fsp3) is 0.538. The van der Waals surface area contributed by atoms with Crippen molar-refractivity contribution < 1.29 is 17.9 Å². The van der Waals surface area contributed by atoms with E-state index in [4.69, 9.17) is 10.5 Å². The zero-order valence-corrected chi connectivity index (χ0v) is 9.96. The fourth-order valence-corrected chi connectivity index (χ4v) is 2.53. The first-order valence-electron chi connectivity index (χ1n) is 5.94. The Morgan fingerprint density at radius 1 is 1.28 bits per heavy atom. The van der Waals surface area contributed by atoms with Crippen LogP contribution in [0.5, 0.6) is 0 Å². The van der Waals surface area contributed by atoms with Crippen molar-refractivity contribution in [2.45, 2.75) is 24.4 Å². The highest BCUT2D eigenvalue weighted by molar-refractivity contribution is 5.37. The summed E-state index contributed by atoms with van der Waals surface area (Å²) in [6, 6.07) is 5.66. The Bertz CT molecular complexity index is 411. The summed E-state index contributed by atoms with van der Waals surface area (Å²) in [5.41, 5.74) is 4.70. The smallest absolute Gasteiger partial charge is 0.380 e. The lowest BCUT2D eigenvalue weighted by Gasteiger charge is -2.38. The summed E-state index contributed by atoms with van der Waals surface area (Å²) >= 11 is 0. The molecule has 1 unspecified atom stereocenters. The van der Waals surface area contributed by atoms with Gasteiger partial charge in [0.15, 0.2) is 0 Å². The van der Waals surface area contributed by atoms with Crippen LogP contribution in [0.15, 0.2) is 24.3 Å². The average molecular weight is 259 g/mol. The summed E-state index contributed by atoms with van der Waals surface area (Å²) in [6.45, 7) is 1.02. The van der Waals surface area contributed by atoms with Gasteiger partial charge in [-0.2, -0.15) is 13.2 Å². The first-order chi connectivity index (χ1) is 8.49. The summed E-state index contributed by atoms with van der Waals surface area (Å²) in [5, 5.41) is 0. The lowest BCUT2D eigenvalue weighted by Crippen LogP contribution is -2.44. The largest absolute Gasteiger partial charge is 0.416 e. The van der Waals surface area contributed by atoms with Gasteiger partial charge in [-0.25, -0.2) is 0 Å². The molecule has 1 aromatic rings. The molecule has 2 rings (SSSR count). The van der Waals surface area contributed by atoms with E-state index in [-0.39, 0.29) is 18.7 Å². The van der Waals surface area contributed by atoms with Crippen LogP contribution in [0.4, 0.5) is 13.2 Å². The van der Waals surface area contributed by atoms with Crippen molar-refractivity contribution in [3.8, 4) is 0 Å². The van der Waals surface area contributed by atoms with Gasteiger partial charge in [-0.15, -0.1) is 0 Å². The van der Waals surface area contributed by atoms with Crippen LogP contribution in [0.25, 0.3) is 0 Å². The molecule has 0 aromatic heterocycles. The van der Waals surface area contributed by atoms with Crippen molar-refractivity contribution in [2.24, 2.45) is 5.73 Å². The second kappa shape index (κ2) is 4.90. The highest BCUT2D eigenvalue weighted by Gasteiger charge is 2.41. The number of hydrogen-bond donors (Lipinski definition) is 1. The molecule has 0 aliphatic carbocycles. The maximum atomic E-state index is 13.0. The minimum atomic E-state index is -4.35. The molecular weight excluding hydrogens is 243 g/mol. The van der Waals surface area contributed by atoms with Crippen LogP contribution in [-0.2, 0) is 16.3 Å². The Hall–Kier alpha value is -1.07. The molecular formula is C13H16F3NO. The first kappa shape index (κ1) is 13.4. The molecule has 1 heterocycles. The molecule has 1 aromatic carbocycles. The Labute approximate surface area is 104 Å². The molecule has 5 heteroatoms. The minimum Gasteiger partial charge on any atom is -0.380 e. The van der Waals surface area contributed by atoms with Gasteiger partial charge >= 0.3 is 6.18 Å². The predicted octanol–water partition coefficient (Wildman–Crippen LogP) is 2.71. The highest BCUT2D eigenvalue weighted by Crippen LogP contribution is 2.40. The van der Waals surface area contributed by atoms with Gasteiger partial charge in [0.1, 0.15) is 0 Å². The van der Waals surface area contributed by atoms with E-state index in [0.29, 0.717) is 13.0 Å². The molecule has 1 atom stereocenters. The van der Waals surface area contributed by atoms with Gasteiger partial charge in [-0.3, -0.25) is 0 Å². The van der Waals surface area contributed by atoms with Crippen LogP contribution in [0.3, 0.4) is 0 Å². The second-order valence-corrected chi connectivity index (χ2v) is 4.68. The van der Waals surface area contributed by atoms with Crippen LogP contribution in [-0.4, -0.2) is 19.8 Å². The van der Waals surface area contributed by atoms with E-state index in [0.717, 1.165) is 12.5 Å². The van der Waals surface area contributed by atoms with Gasteiger partial charge in [0.25, 0.3) is 0 Å². The Morgan fingerprint density at radius 2 is 2.00 bits per heavy atom. The molecule has 2 nitrogen and oxygen atoms in total. The summed E-state index contributed by atoms with van der Waals surface area (Å²) < 4.78 is 44.4. The van der Waals surface area contributed by atoms with E-state index in [1.165, 1.54) is 12.1 Å². The van der Waals surface area contributed by atoms with E-state index < -0.39 is 17.2 Å². The second-order valence-electron chi connectivity index (χ2n) is 4.68. The van der Waals surface area contributed by atoms with Crippen LogP contribution >= 0.6 is 0 Å². The van der Waals surface area contributed by atoms with Crippen molar-refractivity contribution >= 4 is 0 Å². The molecule has 1 fully saturated rings. The lowest BCUT2D eigenvalue weighted by molar-refractivity contribution is -0.139. The summed E-state index contributed by atoms with van der Waals surface area (Å²) in [6.07, 6.45) is -2.98. The quantitative estimate of drug-likeness (QED) is 0.886. The average Bonchev–Trinajstić information content (AvgIpc) is 2.38. The van der Waals surface area contributed by atoms with E-state index >= 15 is 0 Å². The number of nitrogens with two attached hydrogens (primary N) is 1. The van der Waals surface area contributed by atoms with Gasteiger partial charge in [0, 0.05) is 18.6 Å². The van der Waals surface area contributed by atoms with Crippen LogP contribution in [0.1, 0.15) is 24.0 Å². The number of ether oxygens (including phenoxy) is 1. The van der Waals surface area contributed by atoms with Crippen molar-refractivity contribution in [3.05, 3.63) is 35.4 Å². The molecule has 18 heavy (non-hydrogen) atoms. The highest BCUT2D eigenvalue weighted by atomic mass is 19.4. The molecule has 1 aliphatic rings. The van der Waals surface area contributed by atoms with E-state index in [1.807, 2.05) is 0 Å². The lowest BCUT2D eigenvalue weighted by atomic mass is 9.74. The molecule has 0 bridgehead atoms. The van der Waals surface area contributed by atoms with Crippen molar-refractivity contribution in [1.82, 2.24) is 0 Å². The molecule has 0 amide bonds. The van der Waals surface area contributed by atoms with Crippen LogP contribution < -0.4 is 5.73 Å². The Balaban J connectivity index is 2.48. The SMILES string of the molecule is NCC1(c2ccccc2C(F)(F)F)CCCOC1. The van der Waals surface area contributed by atoms with Gasteiger partial charge < -0.3 is 10.5 Å². The van der Waals surface area contributed by atoms with E-state index in [9.17, 15) is 13.2 Å². The summed E-state index contributed by atoms with van der Waals surface area (Å²) in [4.78, 5) is 0. The molecule has 0 spiro atoms. The monoisotopic (exact) mass is 259 g/mol. The molecule has 0 radical (unpaired) electrons. The fourth-order valence-electron chi connectivity index (χ4n) is 2.53. The Morgan fingerprint density at radius 3 is 2.56 bits per heavy atom. The van der Waals surface area contributed by atoms with E-state index in [2.05, 4.69) is 0 Å². The van der Waals surface area contributed by atoms with Crippen molar-refractivity contribution in [2.75, 3.05) is 19.8 Å². The van der Waals surface area contributed by atoms with Gasteiger partial charge in [-0.1, -0.05) is 18.2 Å². The minimum absolute atomic E-state index is 0.167. The maximum absolute atomic E-state index is 13.0. The van der Waals surface area contributed by atoms with Crippen molar-refractivity contribution in [1.29, 1.82) is 0 Å². The van der Waals surface area contributed by atoms with Crippen LogP contribution in [0, 0.1) is 0 Å². The standard InChI is InChI=1S/C13H16F3NO/c14-13(15,16)11-5-2-1-4-10(11)12(8-17)6-3-7-18-9-12/h1-2,4-5H,3,6-9,17H2. The maximum Gasteiger partial charge on any atom is 0.416 e. The molecule has 100 valence electrons. The normalized spacial score (nSPS) is 25.1. The molecule has 1 aliphatic heterocycles. The number of benzene rings is 1. The first-order valence-corrected chi connectivity index (χ1v) is 5.94. The van der Waals surface area contributed by atoms with Crippen LogP contribution in [0.2, 0.25) is 0 Å². The van der Waals surface area contributed by atoms with Gasteiger partial charge in [0.2, 0.25) is 0 Å². The third-order valence-electron chi connectivity index (χ3n) is 3.52. The molecule has 1 saturated heterocycles. The summed E-state index contributed by atoms with van der Waals surface area (Å²) in [5.74, 6) is 0. The van der Waals surface area contributed by atoms with Gasteiger partial charge in [-0.05, 0) is 24.5 Å². The zero-order valence-electron chi connectivity index (χ0n) is 9.96. The molecule has 2 N–H and O–H groups in total. The predicted molar refractivity (Wildman–Crippen MR) is 62.2 cm³/mol. The molecule has 0 saturated carbocycles. The zero-order chi connectivity index (χ0) is 13.2. The number of alkyl halides is 3. The summed E-state index contributed by atoms with van der Waals surface area (Å²) in [7, 11) is 0. The third-order valence-corrected chi connectivity index (χ3v) is 3.52.